The molecule has 1 aromatic heterocycles. The van der Waals surface area contributed by atoms with Crippen LogP contribution in [0.1, 0.15) is 61.3 Å². The van der Waals surface area contributed by atoms with E-state index in [4.69, 9.17) is 16.3 Å². The molecular formula is C34H35ClN2O5. The lowest BCUT2D eigenvalue weighted by molar-refractivity contribution is -0.146. The van der Waals surface area contributed by atoms with Gasteiger partial charge in [-0.15, -0.1) is 0 Å². The minimum atomic E-state index is -1.10. The first-order chi connectivity index (χ1) is 20.0. The maximum Gasteiger partial charge on any atom is 0.309 e. The number of carbonyl (C=O) groups is 3. The first kappa shape index (κ1) is 29.4. The van der Waals surface area contributed by atoms with E-state index in [1.54, 1.807) is 25.7 Å². The molecule has 0 aliphatic carbocycles. The fourth-order valence-corrected chi connectivity index (χ4v) is 5.93. The van der Waals surface area contributed by atoms with Gasteiger partial charge in [-0.25, -0.2) is 0 Å². The van der Waals surface area contributed by atoms with Gasteiger partial charge in [0.05, 0.1) is 11.5 Å². The Morgan fingerprint density at radius 1 is 1.05 bits per heavy atom. The number of anilines is 1. The Labute approximate surface area is 250 Å². The molecule has 0 unspecified atom stereocenters. The first-order valence-corrected chi connectivity index (χ1v) is 14.5. The van der Waals surface area contributed by atoms with Crippen molar-refractivity contribution in [1.29, 1.82) is 0 Å². The van der Waals surface area contributed by atoms with Crippen LogP contribution in [-0.4, -0.2) is 40.0 Å². The summed E-state index contributed by atoms with van der Waals surface area (Å²) >= 11 is 6.12. The van der Waals surface area contributed by atoms with E-state index in [0.717, 1.165) is 27.7 Å². The number of hydrogen-bond acceptors (Lipinski definition) is 4. The molecule has 0 saturated carbocycles. The zero-order chi connectivity index (χ0) is 30.2. The minimum Gasteiger partial charge on any atom is -0.491 e. The third-order valence-electron chi connectivity index (χ3n) is 8.04. The molecule has 5 rings (SSSR count). The lowest BCUT2D eigenvalue weighted by Gasteiger charge is -2.24. The summed E-state index contributed by atoms with van der Waals surface area (Å²) in [4.78, 5) is 39.9. The summed E-state index contributed by atoms with van der Waals surface area (Å²) in [6.45, 7) is 7.47. The van der Waals surface area contributed by atoms with E-state index in [-0.39, 0.29) is 30.6 Å². The molecule has 4 aromatic rings. The third kappa shape index (κ3) is 5.66. The van der Waals surface area contributed by atoms with Crippen LogP contribution < -0.4 is 9.64 Å². The summed E-state index contributed by atoms with van der Waals surface area (Å²) in [5, 5.41) is 11.3. The first-order valence-electron chi connectivity index (χ1n) is 14.2. The van der Waals surface area contributed by atoms with Crippen molar-refractivity contribution in [3.05, 3.63) is 94.1 Å². The molecule has 1 atom stereocenters. The van der Waals surface area contributed by atoms with Crippen LogP contribution in [0.15, 0.2) is 66.7 Å². The van der Waals surface area contributed by atoms with E-state index in [1.165, 1.54) is 0 Å². The van der Waals surface area contributed by atoms with E-state index < -0.39 is 11.4 Å². The molecule has 218 valence electrons. The van der Waals surface area contributed by atoms with Gasteiger partial charge in [-0.05, 0) is 67.8 Å². The molecule has 7 nitrogen and oxygen atoms in total. The second kappa shape index (κ2) is 11.6. The average Bonchev–Trinajstić information content (AvgIpc) is 3.47. The summed E-state index contributed by atoms with van der Waals surface area (Å²) in [6, 6.07) is 20.9. The molecule has 42 heavy (non-hydrogen) atoms. The fourth-order valence-electron chi connectivity index (χ4n) is 5.81. The quantitative estimate of drug-likeness (QED) is 0.203. The van der Waals surface area contributed by atoms with Gasteiger partial charge in [0, 0.05) is 59.2 Å². The lowest BCUT2D eigenvalue weighted by atomic mass is 9.86. The van der Waals surface area contributed by atoms with Crippen molar-refractivity contribution in [3.8, 4) is 5.75 Å². The largest absolute Gasteiger partial charge is 0.491 e. The maximum absolute atomic E-state index is 13.5. The second-order valence-electron chi connectivity index (χ2n) is 11.5. The Balaban J connectivity index is 1.55. The smallest absolute Gasteiger partial charge is 0.309 e. The highest BCUT2D eigenvalue weighted by atomic mass is 35.5. The van der Waals surface area contributed by atoms with Crippen molar-refractivity contribution in [2.45, 2.75) is 59.5 Å². The number of Topliss-reactive ketones (excluding diaryl/α,β-unsaturated/α-hetero) is 1. The second-order valence-corrected chi connectivity index (χ2v) is 12.0. The molecule has 0 saturated heterocycles. The van der Waals surface area contributed by atoms with Crippen molar-refractivity contribution in [2.24, 2.45) is 5.41 Å². The number of ether oxygens (including phenoxy) is 1. The Hall–Kier alpha value is -4.10. The van der Waals surface area contributed by atoms with Gasteiger partial charge in [0.15, 0.2) is 5.78 Å². The molecule has 0 radical (unpaired) electrons. The van der Waals surface area contributed by atoms with Crippen LogP contribution in [0.3, 0.4) is 0 Å². The molecular weight excluding hydrogens is 552 g/mol. The third-order valence-corrected chi connectivity index (χ3v) is 8.29. The van der Waals surface area contributed by atoms with E-state index in [0.29, 0.717) is 41.6 Å². The highest BCUT2D eigenvalue weighted by molar-refractivity contribution is 6.30. The number of halogens is 1. The standard InChI is InChI=1S/C34H35ClN2O5/c1-5-31(39)32-27-17-26(42-20-25-16-23-8-6-7-9-28(23)37(25)21(2)38)14-15-29(27)36(19-22-10-12-24(35)13-11-22)30(32)18-34(3,4)33(40)41/h6-15,17,25H,5,16,18-20H2,1-4H3,(H,40,41)/t25-/m0/s1. The Bertz CT molecular complexity index is 1670. The zero-order valence-corrected chi connectivity index (χ0v) is 25.1. The van der Waals surface area contributed by atoms with Gasteiger partial charge in [-0.1, -0.05) is 48.9 Å². The number of fused-ring (bicyclic) bond motifs is 2. The van der Waals surface area contributed by atoms with Crippen LogP contribution in [-0.2, 0) is 29.0 Å². The number of hydrogen-bond donors (Lipinski definition) is 1. The number of rotatable bonds is 10. The number of amides is 1. The van der Waals surface area contributed by atoms with Crippen molar-refractivity contribution >= 4 is 45.9 Å². The Kier molecular flexibility index (Phi) is 8.15. The molecule has 2 heterocycles. The predicted molar refractivity (Wildman–Crippen MR) is 165 cm³/mol. The van der Waals surface area contributed by atoms with Gasteiger partial charge < -0.3 is 19.3 Å². The molecule has 3 aromatic carbocycles. The molecule has 1 aliphatic rings. The summed E-state index contributed by atoms with van der Waals surface area (Å²) in [5.41, 5.74) is 3.94. The van der Waals surface area contributed by atoms with Gasteiger partial charge >= 0.3 is 5.97 Å². The molecule has 1 N–H and O–H groups in total. The molecule has 8 heteroatoms. The zero-order valence-electron chi connectivity index (χ0n) is 24.3. The number of carboxylic acids is 1. The Morgan fingerprint density at radius 2 is 1.76 bits per heavy atom. The van der Waals surface area contributed by atoms with Crippen LogP contribution in [0.2, 0.25) is 5.02 Å². The molecule has 1 aliphatic heterocycles. The maximum atomic E-state index is 13.5. The van der Waals surface area contributed by atoms with Gasteiger partial charge in [0.2, 0.25) is 5.91 Å². The molecule has 0 fully saturated rings. The van der Waals surface area contributed by atoms with Crippen molar-refractivity contribution in [3.63, 3.8) is 0 Å². The fraction of sp³-hybridized carbons (Fsp3) is 0.324. The highest BCUT2D eigenvalue weighted by Crippen LogP contribution is 2.36. The number of aliphatic carboxylic acids is 1. The monoisotopic (exact) mass is 586 g/mol. The number of carboxylic acid groups (broad SMARTS) is 1. The van der Waals surface area contributed by atoms with Crippen LogP contribution >= 0.6 is 11.6 Å². The van der Waals surface area contributed by atoms with E-state index in [1.807, 2.05) is 78.2 Å². The van der Waals surface area contributed by atoms with E-state index in [9.17, 15) is 19.5 Å². The van der Waals surface area contributed by atoms with Gasteiger partial charge in [0.25, 0.3) is 0 Å². The molecule has 0 spiro atoms. The normalized spacial score (nSPS) is 14.7. The summed E-state index contributed by atoms with van der Waals surface area (Å²) in [5.74, 6) is -0.445. The number of aromatic nitrogens is 1. The topological polar surface area (TPSA) is 88.8 Å². The predicted octanol–water partition coefficient (Wildman–Crippen LogP) is 6.95. The van der Waals surface area contributed by atoms with Gasteiger partial charge in [-0.2, -0.15) is 0 Å². The van der Waals surface area contributed by atoms with Crippen LogP contribution in [0.4, 0.5) is 5.69 Å². The summed E-state index contributed by atoms with van der Waals surface area (Å²) in [7, 11) is 0. The molecule has 1 amide bonds. The van der Waals surface area contributed by atoms with Crippen LogP contribution in [0, 0.1) is 5.41 Å². The minimum absolute atomic E-state index is 0.0372. The number of carbonyl (C=O) groups excluding carboxylic acids is 2. The highest BCUT2D eigenvalue weighted by Gasteiger charge is 2.34. The summed E-state index contributed by atoms with van der Waals surface area (Å²) in [6.07, 6.45) is 1.15. The summed E-state index contributed by atoms with van der Waals surface area (Å²) < 4.78 is 8.32. The average molecular weight is 587 g/mol. The van der Waals surface area contributed by atoms with E-state index >= 15 is 0 Å². The van der Waals surface area contributed by atoms with Crippen LogP contribution in [0.5, 0.6) is 5.75 Å². The van der Waals surface area contributed by atoms with Crippen LogP contribution in [0.25, 0.3) is 10.9 Å². The number of para-hydroxylation sites is 1. The number of nitrogens with zero attached hydrogens (tertiary/aromatic N) is 2. The van der Waals surface area contributed by atoms with E-state index in [2.05, 4.69) is 0 Å². The van der Waals surface area contributed by atoms with Gasteiger partial charge in [-0.3, -0.25) is 14.4 Å². The van der Waals surface area contributed by atoms with Crippen molar-refractivity contribution in [1.82, 2.24) is 4.57 Å². The lowest BCUT2D eigenvalue weighted by Crippen LogP contribution is -2.40. The molecule has 0 bridgehead atoms. The number of ketones is 1. The van der Waals surface area contributed by atoms with Gasteiger partial charge in [0.1, 0.15) is 12.4 Å². The SMILES string of the molecule is CCC(=O)c1c(CC(C)(C)C(=O)O)n(Cc2ccc(Cl)cc2)c2ccc(OC[C@@H]3Cc4ccccc4N3C(C)=O)cc12. The number of benzene rings is 3. The van der Waals surface area contributed by atoms with Crippen molar-refractivity contribution in [2.75, 3.05) is 11.5 Å². The Morgan fingerprint density at radius 3 is 2.43 bits per heavy atom. The van der Waals surface area contributed by atoms with Crippen molar-refractivity contribution < 1.29 is 24.2 Å².